The third kappa shape index (κ3) is 7.46. The number of carbonyl (C=O) groups excluding carboxylic acids is 2. The molecule has 3 N–H and O–H groups in total. The number of aromatic nitrogens is 4. The lowest BCUT2D eigenvalue weighted by molar-refractivity contribution is -0.134. The maximum atomic E-state index is 12.6. The zero-order valence-corrected chi connectivity index (χ0v) is 33.8. The first-order chi connectivity index (χ1) is 28.8. The van der Waals surface area contributed by atoms with Crippen molar-refractivity contribution in [3.63, 3.8) is 0 Å². The molecule has 0 bridgehead atoms. The largest absolute Gasteiger partial charge is 0.474 e. The number of anilines is 4. The quantitative estimate of drug-likeness (QED) is 0.132. The van der Waals surface area contributed by atoms with Gasteiger partial charge in [-0.1, -0.05) is 24.3 Å². The van der Waals surface area contributed by atoms with E-state index in [1.807, 2.05) is 24.1 Å². The van der Waals surface area contributed by atoms with E-state index in [2.05, 4.69) is 104 Å². The molecule has 1 unspecified atom stereocenters. The Morgan fingerprint density at radius 2 is 1.69 bits per heavy atom. The highest BCUT2D eigenvalue weighted by Gasteiger charge is 2.32. The van der Waals surface area contributed by atoms with Crippen LogP contribution in [-0.2, 0) is 16.6 Å². The van der Waals surface area contributed by atoms with Crippen LogP contribution in [0.4, 0.5) is 22.9 Å². The Bertz CT molecular complexity index is 2550. The van der Waals surface area contributed by atoms with Crippen LogP contribution in [0.25, 0.3) is 32.8 Å². The minimum absolute atomic E-state index is 0.197. The summed E-state index contributed by atoms with van der Waals surface area (Å²) in [5, 5.41) is 17.4. The summed E-state index contributed by atoms with van der Waals surface area (Å²) in [4.78, 5) is 38.8. The minimum atomic E-state index is -0.375. The minimum Gasteiger partial charge on any atom is -0.474 e. The van der Waals surface area contributed by atoms with Gasteiger partial charge in [0.1, 0.15) is 18.1 Å². The maximum Gasteiger partial charge on any atom is 0.237 e. The highest BCUT2D eigenvalue weighted by atomic mass is 16.5. The third-order valence-electron chi connectivity index (χ3n) is 13.1. The Morgan fingerprint density at radius 3 is 2.51 bits per heavy atom. The number of rotatable bonds is 8. The van der Waals surface area contributed by atoms with E-state index in [0.29, 0.717) is 31.2 Å². The lowest BCUT2D eigenvalue weighted by Crippen LogP contribution is -2.41. The number of imide groups is 1. The number of piperidine rings is 3. The highest BCUT2D eigenvalue weighted by Crippen LogP contribution is 2.38. The number of ether oxygens (including phenoxy) is 1. The molecule has 59 heavy (non-hydrogen) atoms. The van der Waals surface area contributed by atoms with Crippen molar-refractivity contribution >= 4 is 56.4 Å². The molecule has 7 heterocycles. The molecule has 3 saturated heterocycles. The Kier molecular flexibility index (Phi) is 9.88. The zero-order valence-electron chi connectivity index (χ0n) is 33.8. The van der Waals surface area contributed by atoms with Crippen LogP contribution in [0.15, 0.2) is 79.1 Å². The Balaban J connectivity index is 0.711. The fraction of sp³-hybridized carbons (Fsp3) is 0.383. The topological polar surface area (TPSA) is 130 Å². The molecule has 0 aliphatic carbocycles. The van der Waals surface area contributed by atoms with Crippen molar-refractivity contribution < 1.29 is 14.3 Å². The van der Waals surface area contributed by atoms with Crippen LogP contribution >= 0.6 is 0 Å². The summed E-state index contributed by atoms with van der Waals surface area (Å²) in [6, 6.07) is 24.0. The molecule has 0 saturated carbocycles. The first-order valence-corrected chi connectivity index (χ1v) is 21.2. The second-order valence-electron chi connectivity index (χ2n) is 16.9. The first-order valence-electron chi connectivity index (χ1n) is 21.2. The number of amides is 2. The lowest BCUT2D eigenvalue weighted by Gasteiger charge is -2.38. The van der Waals surface area contributed by atoms with Crippen LogP contribution in [0, 0.1) is 12.8 Å². The molecular weight excluding hydrogens is 739 g/mol. The summed E-state index contributed by atoms with van der Waals surface area (Å²) < 4.78 is 7.64. The van der Waals surface area contributed by atoms with Crippen molar-refractivity contribution in [3.05, 3.63) is 95.9 Å². The SMILES string of the molecule is Cc1c(-c2ccc3cnc(Nc4ccc(N5CCC(CN6CCC(c7ccc8c(C9CCC(=O)NC9=O)nn(C)c8c7)CC6)CC5)cc4)cc3c2)cnc2c1NCCO2. The molecule has 12 heteroatoms. The summed E-state index contributed by atoms with van der Waals surface area (Å²) in [7, 11) is 1.95. The zero-order chi connectivity index (χ0) is 40.0. The summed E-state index contributed by atoms with van der Waals surface area (Å²) in [5.41, 5.74) is 9.83. The molecule has 4 aliphatic heterocycles. The van der Waals surface area contributed by atoms with E-state index in [0.717, 1.165) is 113 Å². The summed E-state index contributed by atoms with van der Waals surface area (Å²) in [5.74, 6) is 1.93. The van der Waals surface area contributed by atoms with E-state index in [1.54, 1.807) is 0 Å². The lowest BCUT2D eigenvalue weighted by atomic mass is 9.87. The average molecular weight is 790 g/mol. The maximum absolute atomic E-state index is 12.6. The van der Waals surface area contributed by atoms with Gasteiger partial charge in [-0.3, -0.25) is 19.6 Å². The molecule has 6 aromatic rings. The summed E-state index contributed by atoms with van der Waals surface area (Å²) in [6.45, 7) is 9.12. The number of benzene rings is 3. The Labute approximate surface area is 344 Å². The van der Waals surface area contributed by atoms with Gasteiger partial charge in [-0.25, -0.2) is 9.97 Å². The van der Waals surface area contributed by atoms with Crippen LogP contribution < -0.4 is 25.6 Å². The monoisotopic (exact) mass is 789 g/mol. The fourth-order valence-corrected chi connectivity index (χ4v) is 9.75. The predicted molar refractivity (Wildman–Crippen MR) is 233 cm³/mol. The smallest absolute Gasteiger partial charge is 0.237 e. The number of nitrogens with one attached hydrogen (secondary N) is 3. The van der Waals surface area contributed by atoms with Crippen molar-refractivity contribution in [1.29, 1.82) is 0 Å². The van der Waals surface area contributed by atoms with Gasteiger partial charge in [0.05, 0.1) is 17.1 Å². The number of aryl methyl sites for hydroxylation is 1. The average Bonchev–Trinajstić information content (AvgIpc) is 3.59. The van der Waals surface area contributed by atoms with Gasteiger partial charge in [-0.15, -0.1) is 0 Å². The molecule has 10 rings (SSSR count). The number of hydrogen-bond donors (Lipinski definition) is 3. The number of likely N-dealkylation sites (tertiary alicyclic amines) is 1. The van der Waals surface area contributed by atoms with Gasteiger partial charge in [0.15, 0.2) is 0 Å². The summed E-state index contributed by atoms with van der Waals surface area (Å²) >= 11 is 0. The standard InChI is InChI=1S/C47H51N9O3/c1-29-40(27-50-47-44(29)48-17-22-59-47)33-3-4-34-26-49-42(25-35(34)23-33)51-36-6-8-37(9-7-36)56-20-13-30(14-21-56)28-55-18-15-31(16-19-55)32-5-10-38-41(24-32)54(2)53-45(38)39-11-12-43(57)52-46(39)58/h3-10,23-27,30-31,39,48H,11-22,28H2,1-2H3,(H,49,51)(H,52,57,58). The second kappa shape index (κ2) is 15.6. The van der Waals surface area contributed by atoms with Gasteiger partial charge < -0.3 is 25.2 Å². The van der Waals surface area contributed by atoms with Gasteiger partial charge in [0, 0.05) is 79.8 Å². The van der Waals surface area contributed by atoms with Crippen LogP contribution in [0.5, 0.6) is 5.88 Å². The molecule has 0 spiro atoms. The Morgan fingerprint density at radius 1 is 0.864 bits per heavy atom. The van der Waals surface area contributed by atoms with Gasteiger partial charge in [0.2, 0.25) is 17.7 Å². The number of fused-ring (bicyclic) bond motifs is 3. The van der Waals surface area contributed by atoms with Gasteiger partial charge in [-0.2, -0.15) is 5.10 Å². The van der Waals surface area contributed by atoms with Gasteiger partial charge >= 0.3 is 0 Å². The van der Waals surface area contributed by atoms with E-state index < -0.39 is 0 Å². The van der Waals surface area contributed by atoms with Crippen molar-refractivity contribution in [2.24, 2.45) is 13.0 Å². The van der Waals surface area contributed by atoms with Crippen molar-refractivity contribution in [3.8, 4) is 17.0 Å². The molecule has 302 valence electrons. The van der Waals surface area contributed by atoms with E-state index in [9.17, 15) is 9.59 Å². The van der Waals surface area contributed by atoms with Crippen LogP contribution in [-0.4, -0.2) is 82.3 Å². The number of hydrogen-bond acceptors (Lipinski definition) is 10. The third-order valence-corrected chi connectivity index (χ3v) is 13.1. The molecule has 2 amide bonds. The van der Waals surface area contributed by atoms with Crippen LogP contribution in [0.1, 0.15) is 67.2 Å². The van der Waals surface area contributed by atoms with E-state index >= 15 is 0 Å². The van der Waals surface area contributed by atoms with E-state index in [1.165, 1.54) is 30.6 Å². The van der Waals surface area contributed by atoms with Crippen molar-refractivity contribution in [1.82, 2.24) is 30.0 Å². The number of carbonyl (C=O) groups is 2. The van der Waals surface area contributed by atoms with Gasteiger partial charge in [-0.05, 0) is 128 Å². The molecule has 1 atom stereocenters. The molecular formula is C47H51N9O3. The summed E-state index contributed by atoms with van der Waals surface area (Å²) in [6.07, 6.45) is 9.43. The van der Waals surface area contributed by atoms with Crippen LogP contribution in [0.3, 0.4) is 0 Å². The molecule has 3 aromatic carbocycles. The Hall–Kier alpha value is -6.01. The molecule has 3 fully saturated rings. The first kappa shape index (κ1) is 37.3. The molecule has 0 radical (unpaired) electrons. The normalized spacial score (nSPS) is 19.4. The molecule has 12 nitrogen and oxygen atoms in total. The van der Waals surface area contributed by atoms with E-state index in [-0.39, 0.29) is 17.7 Å². The molecule has 3 aromatic heterocycles. The number of nitrogens with zero attached hydrogens (tertiary/aromatic N) is 6. The highest BCUT2D eigenvalue weighted by molar-refractivity contribution is 6.02. The second-order valence-corrected chi connectivity index (χ2v) is 16.9. The number of pyridine rings is 2. The predicted octanol–water partition coefficient (Wildman–Crippen LogP) is 7.66. The fourth-order valence-electron chi connectivity index (χ4n) is 9.75. The van der Waals surface area contributed by atoms with E-state index in [4.69, 9.17) is 14.8 Å². The van der Waals surface area contributed by atoms with Crippen LogP contribution in [0.2, 0.25) is 0 Å². The molecule has 4 aliphatic rings. The van der Waals surface area contributed by atoms with Crippen molar-refractivity contribution in [2.45, 2.75) is 57.3 Å². The van der Waals surface area contributed by atoms with Gasteiger partial charge in [0.25, 0.3) is 0 Å². The van der Waals surface area contributed by atoms with Crippen molar-refractivity contribution in [2.75, 3.05) is 61.4 Å².